The van der Waals surface area contributed by atoms with Crippen LogP contribution >= 0.6 is 11.8 Å². The molecule has 30 heavy (non-hydrogen) atoms. The van der Waals surface area contributed by atoms with Crippen LogP contribution in [0, 0.1) is 25.5 Å². The van der Waals surface area contributed by atoms with Gasteiger partial charge in [-0.15, -0.1) is 10.2 Å². The van der Waals surface area contributed by atoms with E-state index in [1.165, 1.54) is 10.7 Å². The number of amides is 1. The zero-order chi connectivity index (χ0) is 21.8. The zero-order valence-electron chi connectivity index (χ0n) is 16.6. The van der Waals surface area contributed by atoms with Crippen LogP contribution < -0.4 is 15.9 Å². The molecule has 0 fully saturated rings. The van der Waals surface area contributed by atoms with Crippen molar-refractivity contribution in [3.05, 3.63) is 65.0 Å². The number of nitrogens with zero attached hydrogens (tertiary/aromatic N) is 3. The van der Waals surface area contributed by atoms with Gasteiger partial charge in [0.25, 0.3) is 0 Å². The van der Waals surface area contributed by atoms with Gasteiger partial charge >= 0.3 is 0 Å². The molecule has 0 radical (unpaired) electrons. The minimum atomic E-state index is -0.853. The fourth-order valence-corrected chi connectivity index (χ4v) is 3.49. The molecule has 0 aliphatic rings. The van der Waals surface area contributed by atoms with E-state index < -0.39 is 28.5 Å². The SMILES string of the molecule is Cc1cccc(C)c1OCc1nnc(SC(C)C(=O)Nc2c(F)cccc2F)n1N. The van der Waals surface area contributed by atoms with Crippen molar-refractivity contribution in [2.45, 2.75) is 37.8 Å². The minimum absolute atomic E-state index is 0.0940. The Kier molecular flexibility index (Phi) is 6.56. The average molecular weight is 433 g/mol. The molecule has 1 atom stereocenters. The maximum absolute atomic E-state index is 13.7. The summed E-state index contributed by atoms with van der Waals surface area (Å²) < 4.78 is 34.5. The summed E-state index contributed by atoms with van der Waals surface area (Å²) in [5.41, 5.74) is 1.48. The quantitative estimate of drug-likeness (QED) is 0.437. The summed E-state index contributed by atoms with van der Waals surface area (Å²) >= 11 is 1.01. The summed E-state index contributed by atoms with van der Waals surface area (Å²) in [5, 5.41) is 9.77. The Morgan fingerprint density at radius 3 is 2.40 bits per heavy atom. The van der Waals surface area contributed by atoms with Crippen LogP contribution in [0.2, 0.25) is 0 Å². The Morgan fingerprint density at radius 1 is 1.17 bits per heavy atom. The van der Waals surface area contributed by atoms with E-state index in [2.05, 4.69) is 15.5 Å². The largest absolute Gasteiger partial charge is 0.485 e. The highest BCUT2D eigenvalue weighted by atomic mass is 32.2. The molecule has 7 nitrogen and oxygen atoms in total. The van der Waals surface area contributed by atoms with Crippen molar-refractivity contribution in [2.24, 2.45) is 0 Å². The highest BCUT2D eigenvalue weighted by molar-refractivity contribution is 8.00. The Labute approximate surface area is 176 Å². The lowest BCUT2D eigenvalue weighted by Gasteiger charge is -2.13. The van der Waals surface area contributed by atoms with Gasteiger partial charge in [0.2, 0.25) is 11.1 Å². The third kappa shape index (κ3) is 4.70. The van der Waals surface area contributed by atoms with Gasteiger partial charge in [0.05, 0.1) is 5.25 Å². The molecule has 2 aromatic carbocycles. The predicted molar refractivity (Wildman–Crippen MR) is 111 cm³/mol. The summed E-state index contributed by atoms with van der Waals surface area (Å²) in [7, 11) is 0. The van der Waals surface area contributed by atoms with E-state index >= 15 is 0 Å². The minimum Gasteiger partial charge on any atom is -0.485 e. The molecule has 0 saturated carbocycles. The van der Waals surface area contributed by atoms with Crippen molar-refractivity contribution >= 4 is 23.4 Å². The van der Waals surface area contributed by atoms with E-state index in [9.17, 15) is 13.6 Å². The predicted octanol–water partition coefficient (Wildman–Crippen LogP) is 3.59. The number of para-hydroxylation sites is 2. The number of hydrogen-bond acceptors (Lipinski definition) is 6. The standard InChI is InChI=1S/C20H21F2N5O2S/c1-11-6-4-7-12(2)18(11)29-10-16-25-26-20(27(16)23)30-13(3)19(28)24-17-14(21)8-5-9-15(17)22/h4-9,13H,10,23H2,1-3H3,(H,24,28). The number of aryl methyl sites for hydroxylation is 2. The third-order valence-corrected chi connectivity index (χ3v) is 5.41. The van der Waals surface area contributed by atoms with Crippen molar-refractivity contribution in [1.82, 2.24) is 14.9 Å². The van der Waals surface area contributed by atoms with Crippen LogP contribution in [0.3, 0.4) is 0 Å². The fraction of sp³-hybridized carbons (Fsp3) is 0.250. The van der Waals surface area contributed by atoms with Gasteiger partial charge in [-0.2, -0.15) is 0 Å². The molecule has 1 amide bonds. The number of anilines is 1. The number of nitrogens with one attached hydrogen (secondary N) is 1. The van der Waals surface area contributed by atoms with E-state index in [0.29, 0.717) is 5.82 Å². The molecular weight excluding hydrogens is 412 g/mol. The number of ether oxygens (including phenoxy) is 1. The number of nitrogen functional groups attached to an aromatic ring is 1. The highest BCUT2D eigenvalue weighted by Gasteiger charge is 2.22. The number of carbonyl (C=O) groups excluding carboxylic acids is 1. The number of hydrogen-bond donors (Lipinski definition) is 2. The molecule has 1 unspecified atom stereocenters. The Bertz CT molecular complexity index is 1030. The number of aromatic nitrogens is 3. The lowest BCUT2D eigenvalue weighted by molar-refractivity contribution is -0.115. The fourth-order valence-electron chi connectivity index (χ4n) is 2.70. The lowest BCUT2D eigenvalue weighted by Crippen LogP contribution is -2.25. The van der Waals surface area contributed by atoms with E-state index in [0.717, 1.165) is 40.8 Å². The van der Waals surface area contributed by atoms with Gasteiger partial charge in [0.15, 0.2) is 5.82 Å². The first kappa shape index (κ1) is 21.6. The van der Waals surface area contributed by atoms with Gasteiger partial charge < -0.3 is 15.9 Å². The molecule has 0 aliphatic heterocycles. The molecule has 0 aliphatic carbocycles. The molecule has 3 rings (SSSR count). The van der Waals surface area contributed by atoms with Gasteiger partial charge in [-0.1, -0.05) is 36.0 Å². The first-order valence-electron chi connectivity index (χ1n) is 9.07. The molecule has 0 bridgehead atoms. The summed E-state index contributed by atoms with van der Waals surface area (Å²) in [6, 6.07) is 9.17. The number of carbonyl (C=O) groups is 1. The van der Waals surface area contributed by atoms with Gasteiger partial charge in [-0.05, 0) is 44.0 Å². The molecule has 1 heterocycles. The number of halogens is 2. The van der Waals surface area contributed by atoms with Gasteiger partial charge in [-0.3, -0.25) is 4.79 Å². The van der Waals surface area contributed by atoms with Crippen LogP contribution in [-0.4, -0.2) is 26.0 Å². The number of nitrogens with two attached hydrogens (primary N) is 1. The zero-order valence-corrected chi connectivity index (χ0v) is 17.5. The molecule has 1 aromatic heterocycles. The molecular formula is C20H21F2N5O2S. The summed E-state index contributed by atoms with van der Waals surface area (Å²) in [5.74, 6) is 4.84. The molecule has 0 saturated heterocycles. The second-order valence-corrected chi connectivity index (χ2v) is 7.93. The Morgan fingerprint density at radius 2 is 1.77 bits per heavy atom. The number of rotatable bonds is 7. The first-order valence-corrected chi connectivity index (χ1v) is 9.95. The smallest absolute Gasteiger partial charge is 0.237 e. The van der Waals surface area contributed by atoms with Crippen LogP contribution in [0.1, 0.15) is 23.9 Å². The normalized spacial score (nSPS) is 11.9. The van der Waals surface area contributed by atoms with Gasteiger partial charge in [-0.25, -0.2) is 13.5 Å². The molecule has 0 spiro atoms. The third-order valence-electron chi connectivity index (χ3n) is 4.35. The van der Waals surface area contributed by atoms with Gasteiger partial charge in [0, 0.05) is 0 Å². The number of thioether (sulfide) groups is 1. The maximum Gasteiger partial charge on any atom is 0.237 e. The maximum atomic E-state index is 13.7. The highest BCUT2D eigenvalue weighted by Crippen LogP contribution is 2.26. The lowest BCUT2D eigenvalue weighted by atomic mass is 10.1. The molecule has 10 heteroatoms. The first-order chi connectivity index (χ1) is 14.3. The van der Waals surface area contributed by atoms with Crippen molar-refractivity contribution < 1.29 is 18.3 Å². The second-order valence-electron chi connectivity index (χ2n) is 6.62. The van der Waals surface area contributed by atoms with Crippen molar-refractivity contribution in [1.29, 1.82) is 0 Å². The summed E-state index contributed by atoms with van der Waals surface area (Å²) in [6.07, 6.45) is 0. The average Bonchev–Trinajstić information content (AvgIpc) is 3.04. The van der Waals surface area contributed by atoms with Crippen LogP contribution in [0.15, 0.2) is 41.6 Å². The van der Waals surface area contributed by atoms with E-state index in [-0.39, 0.29) is 11.8 Å². The van der Waals surface area contributed by atoms with E-state index in [4.69, 9.17) is 10.6 Å². The molecule has 158 valence electrons. The summed E-state index contributed by atoms with van der Waals surface area (Å²) in [4.78, 5) is 12.3. The van der Waals surface area contributed by atoms with Crippen LogP contribution in [0.4, 0.5) is 14.5 Å². The Hall–Kier alpha value is -3.14. The van der Waals surface area contributed by atoms with Crippen molar-refractivity contribution in [3.8, 4) is 5.75 Å². The molecule has 3 aromatic rings. The van der Waals surface area contributed by atoms with Crippen LogP contribution in [0.25, 0.3) is 0 Å². The van der Waals surface area contributed by atoms with Crippen molar-refractivity contribution in [3.63, 3.8) is 0 Å². The van der Waals surface area contributed by atoms with Crippen LogP contribution in [-0.2, 0) is 11.4 Å². The monoisotopic (exact) mass is 433 g/mol. The summed E-state index contributed by atoms with van der Waals surface area (Å²) in [6.45, 7) is 5.54. The topological polar surface area (TPSA) is 95.1 Å². The van der Waals surface area contributed by atoms with E-state index in [1.54, 1.807) is 6.92 Å². The Balaban J connectivity index is 1.65. The molecule has 3 N–H and O–H groups in total. The number of benzene rings is 2. The van der Waals surface area contributed by atoms with Gasteiger partial charge in [0.1, 0.15) is 29.7 Å². The second kappa shape index (κ2) is 9.12. The van der Waals surface area contributed by atoms with E-state index in [1.807, 2.05) is 32.0 Å². The van der Waals surface area contributed by atoms with Crippen LogP contribution in [0.5, 0.6) is 5.75 Å². The van der Waals surface area contributed by atoms with Crippen molar-refractivity contribution in [2.75, 3.05) is 11.2 Å².